The van der Waals surface area contributed by atoms with Gasteiger partial charge in [0.2, 0.25) is 0 Å². The van der Waals surface area contributed by atoms with Crippen molar-refractivity contribution in [3.63, 3.8) is 0 Å². The molecule has 1 aliphatic carbocycles. The van der Waals surface area contributed by atoms with Crippen LogP contribution in [0.5, 0.6) is 0 Å². The summed E-state index contributed by atoms with van der Waals surface area (Å²) in [6.07, 6.45) is 20.0. The number of fused-ring (bicyclic) bond motifs is 1. The molecule has 0 aromatic heterocycles. The molecule has 2 aliphatic rings. The predicted molar refractivity (Wildman–Crippen MR) is 137 cm³/mol. The summed E-state index contributed by atoms with van der Waals surface area (Å²) >= 11 is 0. The molecule has 0 aromatic rings. The van der Waals surface area contributed by atoms with Gasteiger partial charge in [-0.25, -0.2) is 0 Å². The quantitative estimate of drug-likeness (QED) is 0.0962. The van der Waals surface area contributed by atoms with Crippen LogP contribution in [0.1, 0.15) is 137 Å². The van der Waals surface area contributed by atoms with E-state index in [9.17, 15) is 0 Å². The molecule has 0 aromatic carbocycles. The number of hydrogen-bond donors (Lipinski definition) is 0. The second kappa shape index (κ2) is 15.8. The van der Waals surface area contributed by atoms with Crippen LogP contribution in [0.15, 0.2) is 0 Å². The van der Waals surface area contributed by atoms with E-state index in [2.05, 4.69) is 34.6 Å². The lowest BCUT2D eigenvalue weighted by atomic mass is 9.61. The maximum absolute atomic E-state index is 6.76. The van der Waals surface area contributed by atoms with Gasteiger partial charge in [-0.3, -0.25) is 0 Å². The second-order valence-electron chi connectivity index (χ2n) is 10.6. The average molecular weight is 469 g/mol. The van der Waals surface area contributed by atoms with Crippen molar-refractivity contribution in [2.75, 3.05) is 19.8 Å². The van der Waals surface area contributed by atoms with E-state index in [0.717, 1.165) is 38.5 Å². The van der Waals surface area contributed by atoms with Gasteiger partial charge in [0.15, 0.2) is 0 Å². The Balaban J connectivity index is 2.38. The Labute approximate surface area is 205 Å². The summed E-state index contributed by atoms with van der Waals surface area (Å²) < 4.78 is 26.3. The lowest BCUT2D eigenvalue weighted by molar-refractivity contribution is -0.443. The molecule has 0 radical (unpaired) electrons. The fourth-order valence-corrected chi connectivity index (χ4v) is 5.97. The molecule has 0 N–H and O–H groups in total. The summed E-state index contributed by atoms with van der Waals surface area (Å²) in [5, 5.41) is 0. The minimum atomic E-state index is -0.931. The van der Waals surface area contributed by atoms with Crippen LogP contribution >= 0.6 is 0 Å². The molecule has 1 heterocycles. The van der Waals surface area contributed by atoms with E-state index in [1.54, 1.807) is 0 Å². The van der Waals surface area contributed by atoms with Gasteiger partial charge in [0, 0.05) is 0 Å². The molecule has 4 atom stereocenters. The van der Waals surface area contributed by atoms with Gasteiger partial charge >= 0.3 is 0 Å². The predicted octanol–water partition coefficient (Wildman–Crippen LogP) is 8.41. The lowest BCUT2D eigenvalue weighted by Crippen LogP contribution is -2.59. The van der Waals surface area contributed by atoms with E-state index >= 15 is 0 Å². The van der Waals surface area contributed by atoms with E-state index in [4.69, 9.17) is 18.9 Å². The van der Waals surface area contributed by atoms with Crippen LogP contribution < -0.4 is 0 Å². The van der Waals surface area contributed by atoms with Crippen LogP contribution in [0.2, 0.25) is 0 Å². The van der Waals surface area contributed by atoms with E-state index in [1.165, 1.54) is 64.2 Å². The molecular weight excluding hydrogens is 412 g/mol. The second-order valence-corrected chi connectivity index (χ2v) is 10.6. The van der Waals surface area contributed by atoms with E-state index < -0.39 is 5.97 Å². The molecule has 196 valence electrons. The first-order valence-corrected chi connectivity index (χ1v) is 14.7. The summed E-state index contributed by atoms with van der Waals surface area (Å²) in [5.74, 6) is -0.394. The van der Waals surface area contributed by atoms with Crippen LogP contribution in [-0.4, -0.2) is 38.0 Å². The molecule has 1 saturated carbocycles. The Hall–Kier alpha value is -0.160. The van der Waals surface area contributed by atoms with Crippen molar-refractivity contribution in [3.8, 4) is 0 Å². The number of epoxide rings is 1. The smallest absolute Gasteiger partial charge is 0.289 e. The molecule has 33 heavy (non-hydrogen) atoms. The zero-order chi connectivity index (χ0) is 24.0. The topological polar surface area (TPSA) is 40.2 Å². The van der Waals surface area contributed by atoms with Crippen LogP contribution in [0.4, 0.5) is 0 Å². The summed E-state index contributed by atoms with van der Waals surface area (Å²) in [6.45, 7) is 13.2. The normalized spacial score (nSPS) is 24.5. The Morgan fingerprint density at radius 2 is 1.15 bits per heavy atom. The number of ether oxygens (including phenoxy) is 4. The minimum Gasteiger partial charge on any atom is -0.370 e. The standard InChI is InChI=1S/C29H56O4/c1-6-11-13-14-15-16-20-28(19-12-7-2,25-17-18-26-27(24-25)33-26)29(30-21-8-3,31-22-9-4)32-23-10-5/h25-27H,6-24H2,1-5H3. The highest BCUT2D eigenvalue weighted by Gasteiger charge is 2.61. The van der Waals surface area contributed by atoms with E-state index in [0.29, 0.717) is 37.9 Å². The Morgan fingerprint density at radius 1 is 0.606 bits per heavy atom. The minimum absolute atomic E-state index is 0.107. The molecule has 2 fully saturated rings. The summed E-state index contributed by atoms with van der Waals surface area (Å²) in [4.78, 5) is 0. The largest absolute Gasteiger partial charge is 0.370 e. The van der Waals surface area contributed by atoms with Crippen LogP contribution in [0.25, 0.3) is 0 Å². The first-order valence-electron chi connectivity index (χ1n) is 14.7. The SMILES string of the molecule is CCCCCCCCC(CCCC)(C1CCC2OC2C1)C(OCCC)(OCCC)OCCC. The zero-order valence-electron chi connectivity index (χ0n) is 22.8. The highest BCUT2D eigenvalue weighted by atomic mass is 16.9. The maximum Gasteiger partial charge on any atom is 0.289 e. The third-order valence-corrected chi connectivity index (χ3v) is 7.84. The molecule has 0 spiro atoms. The molecule has 2 rings (SSSR count). The number of unbranched alkanes of at least 4 members (excludes halogenated alkanes) is 6. The van der Waals surface area contributed by atoms with E-state index in [1.807, 2.05) is 0 Å². The third-order valence-electron chi connectivity index (χ3n) is 7.84. The van der Waals surface area contributed by atoms with Gasteiger partial charge in [-0.15, -0.1) is 0 Å². The lowest BCUT2D eigenvalue weighted by Gasteiger charge is -2.53. The van der Waals surface area contributed by atoms with Gasteiger partial charge in [-0.2, -0.15) is 0 Å². The van der Waals surface area contributed by atoms with Gasteiger partial charge in [-0.05, 0) is 57.3 Å². The van der Waals surface area contributed by atoms with Crippen LogP contribution in [0, 0.1) is 11.3 Å². The molecule has 4 heteroatoms. The van der Waals surface area contributed by atoms with Crippen molar-refractivity contribution >= 4 is 0 Å². The summed E-state index contributed by atoms with van der Waals surface area (Å²) in [6, 6.07) is 0. The van der Waals surface area contributed by atoms with Crippen LogP contribution in [0.3, 0.4) is 0 Å². The van der Waals surface area contributed by atoms with Gasteiger partial charge in [-0.1, -0.05) is 86.0 Å². The molecule has 1 saturated heterocycles. The molecule has 0 amide bonds. The maximum atomic E-state index is 6.76. The van der Waals surface area contributed by atoms with Gasteiger partial charge in [0.1, 0.15) is 0 Å². The summed E-state index contributed by atoms with van der Waals surface area (Å²) in [7, 11) is 0. The third kappa shape index (κ3) is 8.19. The number of rotatable bonds is 21. The monoisotopic (exact) mass is 468 g/mol. The molecular formula is C29H56O4. The van der Waals surface area contributed by atoms with Crippen molar-refractivity contribution < 1.29 is 18.9 Å². The number of hydrogen-bond acceptors (Lipinski definition) is 4. The Bertz CT molecular complexity index is 474. The van der Waals surface area contributed by atoms with Gasteiger partial charge in [0.25, 0.3) is 5.97 Å². The Kier molecular flexibility index (Phi) is 13.9. The highest BCUT2D eigenvalue weighted by Crippen LogP contribution is 2.57. The molecule has 4 nitrogen and oxygen atoms in total. The zero-order valence-corrected chi connectivity index (χ0v) is 22.8. The van der Waals surface area contributed by atoms with Crippen molar-refractivity contribution in [3.05, 3.63) is 0 Å². The first kappa shape index (κ1) is 29.1. The van der Waals surface area contributed by atoms with Crippen LogP contribution in [-0.2, 0) is 18.9 Å². The van der Waals surface area contributed by atoms with Crippen molar-refractivity contribution in [2.24, 2.45) is 11.3 Å². The van der Waals surface area contributed by atoms with Gasteiger partial charge in [0.05, 0.1) is 37.4 Å². The summed E-state index contributed by atoms with van der Waals surface area (Å²) in [5.41, 5.74) is -0.107. The first-order chi connectivity index (χ1) is 16.1. The van der Waals surface area contributed by atoms with Crippen molar-refractivity contribution in [1.29, 1.82) is 0 Å². The van der Waals surface area contributed by atoms with Gasteiger partial charge < -0.3 is 18.9 Å². The Morgan fingerprint density at radius 3 is 1.70 bits per heavy atom. The molecule has 4 unspecified atom stereocenters. The molecule has 1 aliphatic heterocycles. The molecule has 0 bridgehead atoms. The van der Waals surface area contributed by atoms with Crippen molar-refractivity contribution in [1.82, 2.24) is 0 Å². The van der Waals surface area contributed by atoms with Crippen molar-refractivity contribution in [2.45, 2.75) is 156 Å². The fraction of sp³-hybridized carbons (Fsp3) is 1.00. The average Bonchev–Trinajstić information content (AvgIpc) is 3.62. The fourth-order valence-electron chi connectivity index (χ4n) is 5.97. The highest BCUT2D eigenvalue weighted by molar-refractivity contribution is 5.02. The van der Waals surface area contributed by atoms with E-state index in [-0.39, 0.29) is 5.41 Å².